The second kappa shape index (κ2) is 12.9. The number of hydrogen-bond donors (Lipinski definition) is 1. The Balaban J connectivity index is 2.41. The van der Waals surface area contributed by atoms with Crippen LogP contribution in [-0.4, -0.2) is 17.7 Å². The van der Waals surface area contributed by atoms with Gasteiger partial charge in [0.2, 0.25) is 0 Å². The molecule has 148 valence electrons. The summed E-state index contributed by atoms with van der Waals surface area (Å²) in [6.45, 7) is 7.02. The first-order valence-corrected chi connectivity index (χ1v) is 10.5. The molecule has 0 aliphatic carbocycles. The van der Waals surface area contributed by atoms with Crippen LogP contribution in [0.5, 0.6) is 0 Å². The fourth-order valence-electron chi connectivity index (χ4n) is 3.18. The molecule has 1 aromatic carbocycles. The molecule has 0 saturated carbocycles. The molecule has 0 fully saturated rings. The lowest BCUT2D eigenvalue weighted by atomic mass is 9.88. The van der Waals surface area contributed by atoms with Crippen LogP contribution >= 0.6 is 0 Å². The van der Waals surface area contributed by atoms with Gasteiger partial charge in [-0.25, -0.2) is 4.79 Å². The standard InChI is InChI=1S/C23H38O3/c1-4-5-13-18-23(25,21-16-11-9-12-17-21)22(24)26-19-14-8-6-7-10-15-20(2)3/h9,11-12,16-17,20,25H,4-8,10,13-15,18-19H2,1-3H3. The molecular formula is C23H38O3. The van der Waals surface area contributed by atoms with Crippen LogP contribution in [0, 0.1) is 5.92 Å². The number of rotatable bonds is 14. The van der Waals surface area contributed by atoms with E-state index in [-0.39, 0.29) is 0 Å². The highest BCUT2D eigenvalue weighted by atomic mass is 16.5. The molecule has 0 saturated heterocycles. The lowest BCUT2D eigenvalue weighted by Crippen LogP contribution is -2.37. The number of carbonyl (C=O) groups excluding carboxylic acids is 1. The van der Waals surface area contributed by atoms with Crippen LogP contribution < -0.4 is 0 Å². The predicted octanol–water partition coefficient (Wildman–Crippen LogP) is 5.99. The minimum Gasteiger partial charge on any atom is -0.463 e. The topological polar surface area (TPSA) is 46.5 Å². The molecule has 0 amide bonds. The molecule has 1 aromatic rings. The van der Waals surface area contributed by atoms with E-state index in [1.807, 2.05) is 30.3 Å². The van der Waals surface area contributed by atoms with Crippen molar-refractivity contribution in [3.63, 3.8) is 0 Å². The number of esters is 1. The van der Waals surface area contributed by atoms with Gasteiger partial charge >= 0.3 is 5.97 Å². The van der Waals surface area contributed by atoms with E-state index < -0.39 is 11.6 Å². The molecule has 0 radical (unpaired) electrons. The molecule has 0 aliphatic rings. The maximum atomic E-state index is 12.6. The van der Waals surface area contributed by atoms with Gasteiger partial charge in [0.05, 0.1) is 6.61 Å². The highest BCUT2D eigenvalue weighted by molar-refractivity contribution is 5.81. The van der Waals surface area contributed by atoms with Crippen molar-refractivity contribution in [1.82, 2.24) is 0 Å². The largest absolute Gasteiger partial charge is 0.463 e. The van der Waals surface area contributed by atoms with E-state index in [0.29, 0.717) is 18.6 Å². The number of hydrogen-bond acceptors (Lipinski definition) is 3. The summed E-state index contributed by atoms with van der Waals surface area (Å²) in [4.78, 5) is 12.6. The normalized spacial score (nSPS) is 13.6. The molecule has 0 bridgehead atoms. The van der Waals surface area contributed by atoms with Crippen LogP contribution in [0.15, 0.2) is 30.3 Å². The van der Waals surface area contributed by atoms with Gasteiger partial charge < -0.3 is 9.84 Å². The summed E-state index contributed by atoms with van der Waals surface area (Å²) in [5, 5.41) is 11.0. The fourth-order valence-corrected chi connectivity index (χ4v) is 3.18. The van der Waals surface area contributed by atoms with Crippen molar-refractivity contribution in [2.24, 2.45) is 5.92 Å². The Bertz CT molecular complexity index is 483. The molecular weight excluding hydrogens is 324 g/mol. The van der Waals surface area contributed by atoms with Crippen LogP contribution in [0.2, 0.25) is 0 Å². The van der Waals surface area contributed by atoms with E-state index in [1.54, 1.807) is 0 Å². The van der Waals surface area contributed by atoms with E-state index in [1.165, 1.54) is 25.7 Å². The summed E-state index contributed by atoms with van der Waals surface area (Å²) >= 11 is 0. The number of benzene rings is 1. The zero-order valence-corrected chi connectivity index (χ0v) is 17.0. The Kier molecular flexibility index (Phi) is 11.3. The first-order chi connectivity index (χ1) is 12.5. The molecule has 0 aliphatic heterocycles. The maximum Gasteiger partial charge on any atom is 0.342 e. The third kappa shape index (κ3) is 8.35. The lowest BCUT2D eigenvalue weighted by molar-refractivity contribution is -0.168. The van der Waals surface area contributed by atoms with Crippen LogP contribution in [0.25, 0.3) is 0 Å². The maximum absolute atomic E-state index is 12.6. The summed E-state index contributed by atoms with van der Waals surface area (Å²) in [6.07, 6.45) is 10.2. The molecule has 26 heavy (non-hydrogen) atoms. The molecule has 3 heteroatoms. The molecule has 3 nitrogen and oxygen atoms in total. The molecule has 1 N–H and O–H groups in total. The molecule has 1 atom stereocenters. The minimum absolute atomic E-state index is 0.395. The zero-order chi connectivity index (χ0) is 19.3. The van der Waals surface area contributed by atoms with E-state index in [2.05, 4.69) is 20.8 Å². The van der Waals surface area contributed by atoms with Gasteiger partial charge in [0.25, 0.3) is 0 Å². The highest BCUT2D eigenvalue weighted by Gasteiger charge is 2.38. The van der Waals surface area contributed by atoms with Gasteiger partial charge in [-0.2, -0.15) is 0 Å². The van der Waals surface area contributed by atoms with Crippen LogP contribution in [0.4, 0.5) is 0 Å². The Hall–Kier alpha value is -1.35. The second-order valence-electron chi connectivity index (χ2n) is 7.77. The van der Waals surface area contributed by atoms with Crippen molar-refractivity contribution < 1.29 is 14.6 Å². The Labute approximate surface area is 160 Å². The zero-order valence-electron chi connectivity index (χ0n) is 17.0. The molecule has 1 rings (SSSR count). The highest BCUT2D eigenvalue weighted by Crippen LogP contribution is 2.29. The Morgan fingerprint density at radius 2 is 1.65 bits per heavy atom. The minimum atomic E-state index is -1.52. The van der Waals surface area contributed by atoms with Crippen molar-refractivity contribution in [3.05, 3.63) is 35.9 Å². The second-order valence-corrected chi connectivity index (χ2v) is 7.77. The third-order valence-corrected chi connectivity index (χ3v) is 4.89. The van der Waals surface area contributed by atoms with E-state index >= 15 is 0 Å². The number of ether oxygens (including phenoxy) is 1. The summed E-state index contributed by atoms with van der Waals surface area (Å²) in [5.41, 5.74) is -0.886. The number of aliphatic hydroxyl groups is 1. The quantitative estimate of drug-likeness (QED) is 0.326. The van der Waals surface area contributed by atoms with Gasteiger partial charge in [-0.3, -0.25) is 0 Å². The summed E-state index contributed by atoms with van der Waals surface area (Å²) < 4.78 is 5.45. The number of unbranched alkanes of at least 4 members (excludes halogenated alkanes) is 6. The van der Waals surface area contributed by atoms with E-state index in [0.717, 1.165) is 38.0 Å². The lowest BCUT2D eigenvalue weighted by Gasteiger charge is -2.26. The smallest absolute Gasteiger partial charge is 0.342 e. The SMILES string of the molecule is CCCCCC(O)(C(=O)OCCCCCCCC(C)C)c1ccccc1. The van der Waals surface area contributed by atoms with Gasteiger partial charge in [0.15, 0.2) is 5.60 Å². The monoisotopic (exact) mass is 362 g/mol. The van der Waals surface area contributed by atoms with E-state index in [4.69, 9.17) is 4.74 Å². The Morgan fingerprint density at radius 3 is 2.31 bits per heavy atom. The van der Waals surface area contributed by atoms with Crippen molar-refractivity contribution in [3.8, 4) is 0 Å². The van der Waals surface area contributed by atoms with Crippen LogP contribution in [0.3, 0.4) is 0 Å². The van der Waals surface area contributed by atoms with Crippen molar-refractivity contribution in [1.29, 1.82) is 0 Å². The average molecular weight is 363 g/mol. The first kappa shape index (κ1) is 22.7. The summed E-state index contributed by atoms with van der Waals surface area (Å²) in [6, 6.07) is 9.21. The van der Waals surface area contributed by atoms with Gasteiger partial charge in [0.1, 0.15) is 0 Å². The van der Waals surface area contributed by atoms with Gasteiger partial charge in [-0.1, -0.05) is 96.0 Å². The first-order valence-electron chi connectivity index (χ1n) is 10.5. The summed E-state index contributed by atoms with van der Waals surface area (Å²) in [7, 11) is 0. The van der Waals surface area contributed by atoms with Crippen molar-refractivity contribution >= 4 is 5.97 Å². The summed E-state index contributed by atoms with van der Waals surface area (Å²) in [5.74, 6) is 0.277. The van der Waals surface area contributed by atoms with Gasteiger partial charge in [-0.15, -0.1) is 0 Å². The predicted molar refractivity (Wildman–Crippen MR) is 108 cm³/mol. The van der Waals surface area contributed by atoms with Crippen LogP contribution in [0.1, 0.15) is 90.5 Å². The van der Waals surface area contributed by atoms with Gasteiger partial charge in [-0.05, 0) is 30.7 Å². The molecule has 0 aromatic heterocycles. The molecule has 1 unspecified atom stereocenters. The number of carbonyl (C=O) groups is 1. The van der Waals surface area contributed by atoms with Crippen LogP contribution in [-0.2, 0) is 15.1 Å². The Morgan fingerprint density at radius 1 is 1.00 bits per heavy atom. The van der Waals surface area contributed by atoms with E-state index in [9.17, 15) is 9.90 Å². The van der Waals surface area contributed by atoms with Crippen molar-refractivity contribution in [2.45, 2.75) is 90.6 Å². The van der Waals surface area contributed by atoms with Crippen molar-refractivity contribution in [2.75, 3.05) is 6.61 Å². The molecule has 0 heterocycles. The van der Waals surface area contributed by atoms with Gasteiger partial charge in [0, 0.05) is 0 Å². The molecule has 0 spiro atoms. The third-order valence-electron chi connectivity index (χ3n) is 4.89. The average Bonchev–Trinajstić information content (AvgIpc) is 2.64. The fraction of sp³-hybridized carbons (Fsp3) is 0.696.